The summed E-state index contributed by atoms with van der Waals surface area (Å²) in [6.07, 6.45) is 0.771. The number of carbonyl (C=O) groups excluding carboxylic acids is 1. The van der Waals surface area contributed by atoms with Gasteiger partial charge in [0.05, 0.1) is 16.3 Å². The molecule has 1 aromatic carbocycles. The van der Waals surface area contributed by atoms with Gasteiger partial charge in [-0.05, 0) is 37.1 Å². The van der Waals surface area contributed by atoms with Crippen molar-refractivity contribution < 1.29 is 9.18 Å². The van der Waals surface area contributed by atoms with Crippen LogP contribution in [0.1, 0.15) is 20.9 Å². The van der Waals surface area contributed by atoms with E-state index in [-0.39, 0.29) is 11.7 Å². The van der Waals surface area contributed by atoms with Crippen LogP contribution in [0.5, 0.6) is 0 Å². The average molecular weight is 315 g/mol. The first-order chi connectivity index (χ1) is 10.5. The molecule has 1 aliphatic heterocycles. The fourth-order valence-corrected chi connectivity index (χ4v) is 4.08. The van der Waals surface area contributed by atoms with Crippen molar-refractivity contribution in [3.63, 3.8) is 0 Å². The second kappa shape index (κ2) is 4.64. The number of anilines is 1. The topological polar surface area (TPSA) is 38.1 Å². The Balaban J connectivity index is 1.76. The molecule has 6 heteroatoms. The van der Waals surface area contributed by atoms with Gasteiger partial charge in [0.15, 0.2) is 0 Å². The Morgan fingerprint density at radius 3 is 2.95 bits per heavy atom. The molecule has 0 atom stereocenters. The second-order valence-corrected chi connectivity index (χ2v) is 6.55. The van der Waals surface area contributed by atoms with Crippen molar-refractivity contribution in [1.29, 1.82) is 0 Å². The zero-order chi connectivity index (χ0) is 15.4. The summed E-state index contributed by atoms with van der Waals surface area (Å²) in [5.74, 6) is -0.375. The number of rotatable bonds is 1. The highest BCUT2D eigenvalue weighted by molar-refractivity contribution is 7.20. The van der Waals surface area contributed by atoms with Crippen LogP contribution in [0.15, 0.2) is 24.3 Å². The van der Waals surface area contributed by atoms with Crippen molar-refractivity contribution in [2.24, 2.45) is 7.05 Å². The molecule has 1 aliphatic rings. The van der Waals surface area contributed by atoms with E-state index in [1.807, 2.05) is 20.0 Å². The number of aromatic nitrogens is 2. The third kappa shape index (κ3) is 1.87. The van der Waals surface area contributed by atoms with Crippen LogP contribution in [-0.2, 0) is 13.5 Å². The average Bonchev–Trinajstić information content (AvgIpc) is 3.15. The number of aryl methyl sites for hydroxylation is 2. The van der Waals surface area contributed by atoms with Crippen LogP contribution in [-0.4, -0.2) is 22.2 Å². The number of hydrogen-bond donors (Lipinski definition) is 0. The summed E-state index contributed by atoms with van der Waals surface area (Å²) in [6.45, 7) is 2.53. The normalized spacial score (nSPS) is 13.9. The van der Waals surface area contributed by atoms with Gasteiger partial charge in [0.1, 0.15) is 10.6 Å². The van der Waals surface area contributed by atoms with Gasteiger partial charge in [-0.15, -0.1) is 11.3 Å². The zero-order valence-corrected chi connectivity index (χ0v) is 13.1. The number of carbonyl (C=O) groups is 1. The SMILES string of the molecule is Cc1nn(C)c2sc(C(=O)N3CCc4ccc(F)cc43)cc12. The quantitative estimate of drug-likeness (QED) is 0.691. The molecule has 3 aromatic rings. The van der Waals surface area contributed by atoms with Crippen LogP contribution in [0.3, 0.4) is 0 Å². The summed E-state index contributed by atoms with van der Waals surface area (Å²) < 4.78 is 15.3. The lowest BCUT2D eigenvalue weighted by atomic mass is 10.2. The molecule has 0 spiro atoms. The van der Waals surface area contributed by atoms with Gasteiger partial charge in [0.2, 0.25) is 0 Å². The summed E-state index contributed by atoms with van der Waals surface area (Å²) >= 11 is 1.43. The number of hydrogen-bond acceptors (Lipinski definition) is 3. The molecule has 4 nitrogen and oxygen atoms in total. The Kier molecular flexibility index (Phi) is 2.84. The maximum atomic E-state index is 13.5. The molecule has 3 heterocycles. The van der Waals surface area contributed by atoms with Gasteiger partial charge in [-0.1, -0.05) is 6.07 Å². The standard InChI is InChI=1S/C16H14FN3OS/c1-9-12-8-14(22-16(12)19(2)18-9)15(21)20-6-5-10-3-4-11(17)7-13(10)20/h3-4,7-8H,5-6H2,1-2H3. The highest BCUT2D eigenvalue weighted by Crippen LogP contribution is 2.33. The lowest BCUT2D eigenvalue weighted by Crippen LogP contribution is -2.28. The molecule has 0 saturated carbocycles. The minimum Gasteiger partial charge on any atom is -0.307 e. The Morgan fingerprint density at radius 2 is 2.18 bits per heavy atom. The van der Waals surface area contributed by atoms with Crippen LogP contribution in [0, 0.1) is 12.7 Å². The molecule has 2 aromatic heterocycles. The Bertz CT molecular complexity index is 877. The van der Waals surface area contributed by atoms with Crippen LogP contribution >= 0.6 is 11.3 Å². The summed E-state index contributed by atoms with van der Waals surface area (Å²) in [6, 6.07) is 6.54. The van der Waals surface area contributed by atoms with E-state index in [1.165, 1.54) is 23.5 Å². The van der Waals surface area contributed by atoms with E-state index >= 15 is 0 Å². The fourth-order valence-electron chi connectivity index (χ4n) is 3.01. The first-order valence-corrected chi connectivity index (χ1v) is 7.89. The van der Waals surface area contributed by atoms with Crippen molar-refractivity contribution >= 4 is 33.1 Å². The van der Waals surface area contributed by atoms with Gasteiger partial charge in [-0.25, -0.2) is 4.39 Å². The van der Waals surface area contributed by atoms with E-state index in [2.05, 4.69) is 5.10 Å². The van der Waals surface area contributed by atoms with Crippen molar-refractivity contribution in [1.82, 2.24) is 9.78 Å². The zero-order valence-electron chi connectivity index (χ0n) is 12.3. The third-order valence-corrected chi connectivity index (χ3v) is 5.28. The molecule has 4 rings (SSSR count). The largest absolute Gasteiger partial charge is 0.307 e. The lowest BCUT2D eigenvalue weighted by Gasteiger charge is -2.16. The number of halogens is 1. The van der Waals surface area contributed by atoms with Crippen molar-refractivity contribution in [3.05, 3.63) is 46.2 Å². The van der Waals surface area contributed by atoms with Gasteiger partial charge < -0.3 is 4.90 Å². The number of thiophene rings is 1. The van der Waals surface area contributed by atoms with Crippen molar-refractivity contribution in [2.75, 3.05) is 11.4 Å². The molecule has 0 unspecified atom stereocenters. The number of amides is 1. The molecular formula is C16H14FN3OS. The van der Waals surface area contributed by atoms with Crippen LogP contribution < -0.4 is 4.90 Å². The van der Waals surface area contributed by atoms with Gasteiger partial charge >= 0.3 is 0 Å². The molecule has 112 valence electrons. The summed E-state index contributed by atoms with van der Waals surface area (Å²) in [4.78, 5) is 16.1. The number of nitrogens with zero attached hydrogens (tertiary/aromatic N) is 3. The van der Waals surface area contributed by atoms with E-state index in [4.69, 9.17) is 0 Å². The maximum Gasteiger partial charge on any atom is 0.268 e. The Morgan fingerprint density at radius 1 is 1.36 bits per heavy atom. The van der Waals surface area contributed by atoms with Gasteiger partial charge in [0.25, 0.3) is 5.91 Å². The summed E-state index contributed by atoms with van der Waals surface area (Å²) in [7, 11) is 1.88. The second-order valence-electron chi connectivity index (χ2n) is 5.52. The van der Waals surface area contributed by atoms with E-state index in [0.29, 0.717) is 17.1 Å². The number of benzene rings is 1. The molecule has 0 N–H and O–H groups in total. The fraction of sp³-hybridized carbons (Fsp3) is 0.250. The monoisotopic (exact) mass is 315 g/mol. The predicted molar refractivity (Wildman–Crippen MR) is 85.1 cm³/mol. The highest BCUT2D eigenvalue weighted by Gasteiger charge is 2.27. The van der Waals surface area contributed by atoms with Gasteiger partial charge in [0, 0.05) is 19.0 Å². The van der Waals surface area contributed by atoms with E-state index in [0.717, 1.165) is 27.9 Å². The third-order valence-electron chi connectivity index (χ3n) is 4.10. The predicted octanol–water partition coefficient (Wildman–Crippen LogP) is 3.29. The van der Waals surface area contributed by atoms with Gasteiger partial charge in [-0.2, -0.15) is 5.10 Å². The molecule has 1 amide bonds. The molecule has 0 fully saturated rings. The van der Waals surface area contributed by atoms with E-state index < -0.39 is 0 Å². The van der Waals surface area contributed by atoms with Crippen molar-refractivity contribution in [2.45, 2.75) is 13.3 Å². The molecule has 0 bridgehead atoms. The van der Waals surface area contributed by atoms with Crippen LogP contribution in [0.4, 0.5) is 10.1 Å². The van der Waals surface area contributed by atoms with Crippen LogP contribution in [0.25, 0.3) is 10.2 Å². The lowest BCUT2D eigenvalue weighted by molar-refractivity contribution is 0.0993. The first kappa shape index (κ1) is 13.5. The molecule has 22 heavy (non-hydrogen) atoms. The highest BCUT2D eigenvalue weighted by atomic mass is 32.1. The van der Waals surface area contributed by atoms with Gasteiger partial charge in [-0.3, -0.25) is 9.48 Å². The molecule has 0 saturated heterocycles. The van der Waals surface area contributed by atoms with E-state index in [9.17, 15) is 9.18 Å². The number of fused-ring (bicyclic) bond motifs is 2. The Hall–Kier alpha value is -2.21. The van der Waals surface area contributed by atoms with E-state index in [1.54, 1.807) is 15.6 Å². The Labute approximate surface area is 130 Å². The van der Waals surface area contributed by atoms with Crippen LogP contribution in [0.2, 0.25) is 0 Å². The molecule has 0 aliphatic carbocycles. The maximum absolute atomic E-state index is 13.5. The first-order valence-electron chi connectivity index (χ1n) is 7.08. The minimum absolute atomic E-state index is 0.0649. The smallest absolute Gasteiger partial charge is 0.268 e. The molecular weight excluding hydrogens is 301 g/mol. The minimum atomic E-state index is -0.310. The summed E-state index contributed by atoms with van der Waals surface area (Å²) in [5.41, 5.74) is 2.63. The van der Waals surface area contributed by atoms with Crippen molar-refractivity contribution in [3.8, 4) is 0 Å². The molecule has 0 radical (unpaired) electrons. The summed E-state index contributed by atoms with van der Waals surface area (Å²) in [5, 5.41) is 5.36.